The van der Waals surface area contributed by atoms with E-state index < -0.39 is 10.0 Å². The van der Waals surface area contributed by atoms with Gasteiger partial charge < -0.3 is 14.8 Å². The van der Waals surface area contributed by atoms with E-state index >= 15 is 0 Å². The maximum Gasteiger partial charge on any atom is 0.257 e. The zero-order chi connectivity index (χ0) is 21.6. The van der Waals surface area contributed by atoms with Crippen molar-refractivity contribution in [3.8, 4) is 11.5 Å². The molecule has 1 heterocycles. The second kappa shape index (κ2) is 10.1. The molecule has 1 amide bonds. The Morgan fingerprint density at radius 3 is 2.60 bits per heavy atom. The van der Waals surface area contributed by atoms with Gasteiger partial charge in [-0.25, -0.2) is 8.42 Å². The van der Waals surface area contributed by atoms with E-state index in [1.807, 2.05) is 18.2 Å². The average Bonchev–Trinajstić information content (AvgIpc) is 2.75. The van der Waals surface area contributed by atoms with Crippen molar-refractivity contribution in [3.05, 3.63) is 58.6 Å². The SMILES string of the molecule is COc1ccc2c(c1)CCN(S(=O)(=O)CCCNC(=O)COc1ccc(Cl)cc1)C2. The molecular weight excluding hydrogens is 428 g/mol. The monoisotopic (exact) mass is 452 g/mol. The van der Waals surface area contributed by atoms with Crippen molar-refractivity contribution in [2.75, 3.05) is 32.6 Å². The first-order chi connectivity index (χ1) is 14.4. The number of hydrogen-bond acceptors (Lipinski definition) is 5. The van der Waals surface area contributed by atoms with E-state index in [0.29, 0.717) is 36.7 Å². The molecule has 0 atom stereocenters. The van der Waals surface area contributed by atoms with E-state index in [1.165, 1.54) is 4.31 Å². The molecule has 9 heteroatoms. The number of fused-ring (bicyclic) bond motifs is 1. The highest BCUT2D eigenvalue weighted by Gasteiger charge is 2.26. The van der Waals surface area contributed by atoms with Crippen LogP contribution in [-0.4, -0.2) is 51.2 Å². The van der Waals surface area contributed by atoms with Gasteiger partial charge in [-0.2, -0.15) is 4.31 Å². The van der Waals surface area contributed by atoms with Crippen LogP contribution >= 0.6 is 11.6 Å². The van der Waals surface area contributed by atoms with Gasteiger partial charge in [0.1, 0.15) is 11.5 Å². The predicted octanol–water partition coefficient (Wildman–Crippen LogP) is 2.62. The zero-order valence-electron chi connectivity index (χ0n) is 16.8. The molecule has 3 rings (SSSR count). The first kappa shape index (κ1) is 22.4. The fraction of sp³-hybridized carbons (Fsp3) is 0.381. The van der Waals surface area contributed by atoms with E-state index in [9.17, 15) is 13.2 Å². The highest BCUT2D eigenvalue weighted by Crippen LogP contribution is 2.25. The molecule has 0 radical (unpaired) electrons. The lowest BCUT2D eigenvalue weighted by Gasteiger charge is -2.28. The summed E-state index contributed by atoms with van der Waals surface area (Å²) in [7, 11) is -1.78. The van der Waals surface area contributed by atoms with Crippen molar-refractivity contribution in [1.29, 1.82) is 0 Å². The Balaban J connectivity index is 1.40. The molecule has 30 heavy (non-hydrogen) atoms. The van der Waals surface area contributed by atoms with Crippen LogP contribution in [0.5, 0.6) is 11.5 Å². The van der Waals surface area contributed by atoms with E-state index in [-0.39, 0.29) is 24.8 Å². The number of halogens is 1. The Hall–Kier alpha value is -2.29. The molecule has 0 aromatic heterocycles. The number of nitrogens with zero attached hydrogens (tertiary/aromatic N) is 1. The van der Waals surface area contributed by atoms with Gasteiger partial charge in [-0.05, 0) is 60.4 Å². The molecule has 7 nitrogen and oxygen atoms in total. The van der Waals surface area contributed by atoms with Crippen molar-refractivity contribution >= 4 is 27.5 Å². The molecule has 162 valence electrons. The number of ether oxygens (including phenoxy) is 2. The second-order valence-electron chi connectivity index (χ2n) is 6.98. The quantitative estimate of drug-likeness (QED) is 0.591. The molecule has 2 aromatic rings. The molecule has 0 fully saturated rings. The largest absolute Gasteiger partial charge is 0.497 e. The molecule has 2 aromatic carbocycles. The highest BCUT2D eigenvalue weighted by molar-refractivity contribution is 7.89. The van der Waals surface area contributed by atoms with Gasteiger partial charge in [0.25, 0.3) is 5.91 Å². The molecule has 0 unspecified atom stereocenters. The average molecular weight is 453 g/mol. The van der Waals surface area contributed by atoms with Crippen LogP contribution in [0.25, 0.3) is 0 Å². The molecule has 0 aliphatic carbocycles. The second-order valence-corrected chi connectivity index (χ2v) is 9.51. The van der Waals surface area contributed by atoms with Gasteiger partial charge in [0, 0.05) is 24.7 Å². The van der Waals surface area contributed by atoms with Gasteiger partial charge in [-0.15, -0.1) is 0 Å². The van der Waals surface area contributed by atoms with Crippen LogP contribution in [0, 0.1) is 0 Å². The first-order valence-corrected chi connectivity index (χ1v) is 11.6. The summed E-state index contributed by atoms with van der Waals surface area (Å²) >= 11 is 5.80. The van der Waals surface area contributed by atoms with Gasteiger partial charge in [-0.1, -0.05) is 17.7 Å². The Morgan fingerprint density at radius 2 is 1.87 bits per heavy atom. The number of benzene rings is 2. The van der Waals surface area contributed by atoms with Crippen LogP contribution in [0.1, 0.15) is 17.5 Å². The summed E-state index contributed by atoms with van der Waals surface area (Å²) in [6.45, 7) is 0.942. The Labute approximate surface area is 182 Å². The summed E-state index contributed by atoms with van der Waals surface area (Å²) in [6, 6.07) is 12.4. The number of nitrogens with one attached hydrogen (secondary N) is 1. The summed E-state index contributed by atoms with van der Waals surface area (Å²) in [5.74, 6) is 1.00. The Bertz CT molecular complexity index is 979. The van der Waals surface area contributed by atoms with Crippen LogP contribution in [0.3, 0.4) is 0 Å². The van der Waals surface area contributed by atoms with Crippen LogP contribution < -0.4 is 14.8 Å². The topological polar surface area (TPSA) is 84.9 Å². The van der Waals surface area contributed by atoms with Crippen LogP contribution in [0.4, 0.5) is 0 Å². The van der Waals surface area contributed by atoms with Crippen molar-refractivity contribution in [2.45, 2.75) is 19.4 Å². The lowest BCUT2D eigenvalue weighted by molar-refractivity contribution is -0.123. The smallest absolute Gasteiger partial charge is 0.257 e. The van der Waals surface area contributed by atoms with Crippen molar-refractivity contribution < 1.29 is 22.7 Å². The zero-order valence-corrected chi connectivity index (χ0v) is 18.3. The van der Waals surface area contributed by atoms with Gasteiger partial charge in [0.15, 0.2) is 6.61 Å². The summed E-state index contributed by atoms with van der Waals surface area (Å²) in [4.78, 5) is 11.9. The number of methoxy groups -OCH3 is 1. The Kier molecular flexibility index (Phi) is 7.58. The molecule has 1 N–H and O–H groups in total. The molecule has 1 aliphatic heterocycles. The number of carbonyl (C=O) groups is 1. The van der Waals surface area contributed by atoms with Crippen molar-refractivity contribution in [2.24, 2.45) is 0 Å². The van der Waals surface area contributed by atoms with Crippen molar-refractivity contribution in [3.63, 3.8) is 0 Å². The minimum Gasteiger partial charge on any atom is -0.497 e. The molecule has 0 saturated carbocycles. The third-order valence-electron chi connectivity index (χ3n) is 4.87. The molecular formula is C21H25ClN2O5S. The van der Waals surface area contributed by atoms with Crippen LogP contribution in [-0.2, 0) is 27.8 Å². The third kappa shape index (κ3) is 6.10. The van der Waals surface area contributed by atoms with Crippen LogP contribution in [0.15, 0.2) is 42.5 Å². The van der Waals surface area contributed by atoms with E-state index in [0.717, 1.165) is 16.9 Å². The lowest BCUT2D eigenvalue weighted by atomic mass is 10.0. The van der Waals surface area contributed by atoms with Gasteiger partial charge >= 0.3 is 0 Å². The lowest BCUT2D eigenvalue weighted by Crippen LogP contribution is -2.38. The van der Waals surface area contributed by atoms with E-state index in [1.54, 1.807) is 31.4 Å². The summed E-state index contributed by atoms with van der Waals surface area (Å²) in [5, 5.41) is 3.27. The number of hydrogen-bond donors (Lipinski definition) is 1. The summed E-state index contributed by atoms with van der Waals surface area (Å²) in [5.41, 5.74) is 2.12. The molecule has 0 bridgehead atoms. The number of carbonyl (C=O) groups excluding carboxylic acids is 1. The number of rotatable bonds is 9. The fourth-order valence-corrected chi connectivity index (χ4v) is 4.81. The van der Waals surface area contributed by atoms with E-state index in [2.05, 4.69) is 5.32 Å². The first-order valence-electron chi connectivity index (χ1n) is 9.66. The summed E-state index contributed by atoms with van der Waals surface area (Å²) in [6.07, 6.45) is 0.992. The fourth-order valence-electron chi connectivity index (χ4n) is 3.21. The Morgan fingerprint density at radius 1 is 1.13 bits per heavy atom. The predicted molar refractivity (Wildman–Crippen MR) is 115 cm³/mol. The van der Waals surface area contributed by atoms with Gasteiger partial charge in [0.2, 0.25) is 10.0 Å². The standard InChI is InChI=1S/C21H25ClN2O5S/c1-28-20-6-3-17-14-24(11-9-16(17)13-20)30(26,27)12-2-10-23-21(25)15-29-19-7-4-18(22)5-8-19/h3-8,13H,2,9-12,14-15H2,1H3,(H,23,25). The van der Waals surface area contributed by atoms with E-state index in [4.69, 9.17) is 21.1 Å². The highest BCUT2D eigenvalue weighted by atomic mass is 35.5. The molecule has 0 spiro atoms. The maximum absolute atomic E-state index is 12.7. The number of sulfonamides is 1. The van der Waals surface area contributed by atoms with Crippen molar-refractivity contribution in [1.82, 2.24) is 9.62 Å². The minimum atomic E-state index is -3.39. The van der Waals surface area contributed by atoms with Gasteiger partial charge in [-0.3, -0.25) is 4.79 Å². The normalized spacial score (nSPS) is 14.1. The minimum absolute atomic E-state index is 0.0171. The summed E-state index contributed by atoms with van der Waals surface area (Å²) < 4.78 is 37.4. The maximum atomic E-state index is 12.7. The number of amides is 1. The molecule has 1 aliphatic rings. The third-order valence-corrected chi connectivity index (χ3v) is 7.02. The molecule has 0 saturated heterocycles. The van der Waals surface area contributed by atoms with Crippen LogP contribution in [0.2, 0.25) is 5.02 Å². The van der Waals surface area contributed by atoms with Gasteiger partial charge in [0.05, 0.1) is 12.9 Å².